The summed E-state index contributed by atoms with van der Waals surface area (Å²) >= 11 is 6.32. The second kappa shape index (κ2) is 8.07. The van der Waals surface area contributed by atoms with Gasteiger partial charge in [0, 0.05) is 49.6 Å². The van der Waals surface area contributed by atoms with Crippen LogP contribution >= 0.6 is 11.6 Å². The molecule has 8 heteroatoms. The number of para-hydroxylation sites is 1. The van der Waals surface area contributed by atoms with Gasteiger partial charge in [-0.1, -0.05) is 35.9 Å². The van der Waals surface area contributed by atoms with Crippen molar-refractivity contribution in [3.05, 3.63) is 65.3 Å². The van der Waals surface area contributed by atoms with E-state index in [0.717, 1.165) is 59.3 Å². The number of hydrogen-bond acceptors (Lipinski definition) is 6. The van der Waals surface area contributed by atoms with Crippen molar-refractivity contribution in [3.8, 4) is 0 Å². The van der Waals surface area contributed by atoms with Crippen LogP contribution in [0.3, 0.4) is 0 Å². The van der Waals surface area contributed by atoms with Crippen LogP contribution in [0.5, 0.6) is 0 Å². The second-order valence-electron chi connectivity index (χ2n) is 7.78. The second-order valence-corrected chi connectivity index (χ2v) is 8.18. The molecule has 0 spiro atoms. The number of benzene rings is 2. The number of fused-ring (bicyclic) bond motifs is 1. The van der Waals surface area contributed by atoms with Gasteiger partial charge in [-0.15, -0.1) is 0 Å². The first kappa shape index (κ1) is 19.6. The molecule has 0 aliphatic carbocycles. The first-order valence-corrected chi connectivity index (χ1v) is 10.7. The van der Waals surface area contributed by atoms with Crippen LogP contribution in [0, 0.1) is 6.92 Å². The third-order valence-electron chi connectivity index (χ3n) is 5.70. The number of rotatable bonds is 4. The van der Waals surface area contributed by atoms with Gasteiger partial charge in [0.15, 0.2) is 5.65 Å². The van der Waals surface area contributed by atoms with E-state index in [1.165, 1.54) is 5.69 Å². The standard InChI is InChI=1S/C23H24ClN7/c1-16-8-9-17(14-20(16)24)26-21-19-15-25-29(2)22(19)28-23(27-21)31-12-10-30(11-13-31)18-6-4-3-5-7-18/h3-9,14-15H,10-13H2,1-2H3,(H,26,27,28). The Morgan fingerprint density at radius 2 is 1.68 bits per heavy atom. The van der Waals surface area contributed by atoms with Gasteiger partial charge in [-0.3, -0.25) is 4.68 Å². The Morgan fingerprint density at radius 3 is 2.42 bits per heavy atom. The predicted molar refractivity (Wildman–Crippen MR) is 127 cm³/mol. The van der Waals surface area contributed by atoms with Crippen molar-refractivity contribution >= 4 is 45.8 Å². The van der Waals surface area contributed by atoms with Crippen molar-refractivity contribution in [2.45, 2.75) is 6.92 Å². The van der Waals surface area contributed by atoms with Gasteiger partial charge in [-0.05, 0) is 36.8 Å². The van der Waals surface area contributed by atoms with E-state index >= 15 is 0 Å². The number of aryl methyl sites for hydroxylation is 2. The van der Waals surface area contributed by atoms with Crippen LogP contribution in [0.25, 0.3) is 11.0 Å². The highest BCUT2D eigenvalue weighted by Crippen LogP contribution is 2.29. The number of piperazine rings is 1. The van der Waals surface area contributed by atoms with Crippen LogP contribution in [0.2, 0.25) is 5.02 Å². The Labute approximate surface area is 186 Å². The molecule has 5 rings (SSSR count). The predicted octanol–water partition coefficient (Wildman–Crippen LogP) is 4.40. The quantitative estimate of drug-likeness (QED) is 0.515. The van der Waals surface area contributed by atoms with Crippen LogP contribution in [0.15, 0.2) is 54.7 Å². The average Bonchev–Trinajstić information content (AvgIpc) is 3.18. The summed E-state index contributed by atoms with van der Waals surface area (Å²) in [4.78, 5) is 14.3. The van der Waals surface area contributed by atoms with E-state index in [4.69, 9.17) is 21.6 Å². The molecule has 1 saturated heterocycles. The lowest BCUT2D eigenvalue weighted by Crippen LogP contribution is -2.47. The summed E-state index contributed by atoms with van der Waals surface area (Å²) in [6.07, 6.45) is 1.80. The molecule has 3 heterocycles. The summed E-state index contributed by atoms with van der Waals surface area (Å²) in [5.41, 5.74) is 3.98. The smallest absolute Gasteiger partial charge is 0.229 e. The van der Waals surface area contributed by atoms with Crippen molar-refractivity contribution in [1.82, 2.24) is 19.7 Å². The van der Waals surface area contributed by atoms with Gasteiger partial charge in [-0.2, -0.15) is 15.1 Å². The minimum atomic E-state index is 0.713. The highest BCUT2D eigenvalue weighted by atomic mass is 35.5. The summed E-state index contributed by atoms with van der Waals surface area (Å²) in [5, 5.41) is 9.41. The van der Waals surface area contributed by atoms with Crippen LogP contribution in [0.1, 0.15) is 5.56 Å². The van der Waals surface area contributed by atoms with Crippen LogP contribution in [-0.2, 0) is 7.05 Å². The molecule has 2 aromatic heterocycles. The van der Waals surface area contributed by atoms with E-state index in [0.29, 0.717) is 5.95 Å². The van der Waals surface area contributed by atoms with E-state index in [9.17, 15) is 0 Å². The third kappa shape index (κ3) is 3.88. The molecule has 4 aromatic rings. The monoisotopic (exact) mass is 433 g/mol. The third-order valence-corrected chi connectivity index (χ3v) is 6.11. The van der Waals surface area contributed by atoms with E-state index in [2.05, 4.69) is 44.5 Å². The van der Waals surface area contributed by atoms with Gasteiger partial charge < -0.3 is 15.1 Å². The van der Waals surface area contributed by atoms with Crippen LogP contribution in [-0.4, -0.2) is 45.9 Å². The molecule has 31 heavy (non-hydrogen) atoms. The molecule has 0 unspecified atom stereocenters. The van der Waals surface area contributed by atoms with Gasteiger partial charge in [0.05, 0.1) is 11.6 Å². The lowest BCUT2D eigenvalue weighted by molar-refractivity contribution is 0.640. The molecule has 1 aliphatic heterocycles. The minimum Gasteiger partial charge on any atom is -0.368 e. The maximum absolute atomic E-state index is 6.32. The number of hydrogen-bond donors (Lipinski definition) is 1. The summed E-state index contributed by atoms with van der Waals surface area (Å²) in [7, 11) is 1.90. The summed E-state index contributed by atoms with van der Waals surface area (Å²) in [5.74, 6) is 1.45. The average molecular weight is 434 g/mol. The van der Waals surface area contributed by atoms with E-state index in [1.807, 2.05) is 38.2 Å². The van der Waals surface area contributed by atoms with Crippen molar-refractivity contribution < 1.29 is 0 Å². The zero-order valence-corrected chi connectivity index (χ0v) is 18.3. The van der Waals surface area contributed by atoms with Crippen LogP contribution < -0.4 is 15.1 Å². The van der Waals surface area contributed by atoms with E-state index in [1.54, 1.807) is 10.9 Å². The summed E-state index contributed by atoms with van der Waals surface area (Å²) in [6, 6.07) is 16.4. The Bertz CT molecular complexity index is 1210. The molecule has 7 nitrogen and oxygen atoms in total. The molecule has 0 saturated carbocycles. The molecule has 1 aliphatic rings. The Kier molecular flexibility index (Phi) is 5.11. The van der Waals surface area contributed by atoms with Crippen molar-refractivity contribution in [3.63, 3.8) is 0 Å². The number of anilines is 4. The molecule has 1 N–H and O–H groups in total. The zero-order chi connectivity index (χ0) is 21.4. The molecular formula is C23H24ClN7. The molecule has 0 radical (unpaired) electrons. The fraction of sp³-hybridized carbons (Fsp3) is 0.261. The van der Waals surface area contributed by atoms with Crippen molar-refractivity contribution in [2.24, 2.45) is 7.05 Å². The number of aromatic nitrogens is 4. The maximum atomic E-state index is 6.32. The molecule has 2 aromatic carbocycles. The zero-order valence-electron chi connectivity index (χ0n) is 17.6. The van der Waals surface area contributed by atoms with Crippen molar-refractivity contribution in [1.29, 1.82) is 0 Å². The Hall–Kier alpha value is -3.32. The van der Waals surface area contributed by atoms with Crippen molar-refractivity contribution in [2.75, 3.05) is 41.3 Å². The largest absolute Gasteiger partial charge is 0.368 e. The van der Waals surface area contributed by atoms with Crippen LogP contribution in [0.4, 0.5) is 23.1 Å². The topological polar surface area (TPSA) is 62.1 Å². The molecule has 0 bridgehead atoms. The molecule has 1 fully saturated rings. The maximum Gasteiger partial charge on any atom is 0.229 e. The minimum absolute atomic E-state index is 0.713. The summed E-state index contributed by atoms with van der Waals surface area (Å²) < 4.78 is 1.79. The first-order valence-electron chi connectivity index (χ1n) is 10.4. The number of nitrogens with one attached hydrogen (secondary N) is 1. The fourth-order valence-electron chi connectivity index (χ4n) is 3.86. The van der Waals surface area contributed by atoms with Gasteiger partial charge in [0.2, 0.25) is 5.95 Å². The van der Waals surface area contributed by atoms with E-state index in [-0.39, 0.29) is 0 Å². The molecule has 158 valence electrons. The van der Waals surface area contributed by atoms with Gasteiger partial charge in [0.1, 0.15) is 5.82 Å². The Morgan fingerprint density at radius 1 is 0.935 bits per heavy atom. The highest BCUT2D eigenvalue weighted by molar-refractivity contribution is 6.31. The lowest BCUT2D eigenvalue weighted by Gasteiger charge is -2.36. The van der Waals surface area contributed by atoms with Gasteiger partial charge in [0.25, 0.3) is 0 Å². The number of halogens is 1. The van der Waals surface area contributed by atoms with Gasteiger partial charge >= 0.3 is 0 Å². The number of nitrogens with zero attached hydrogens (tertiary/aromatic N) is 6. The molecule has 0 amide bonds. The lowest BCUT2D eigenvalue weighted by atomic mass is 10.2. The highest BCUT2D eigenvalue weighted by Gasteiger charge is 2.21. The van der Waals surface area contributed by atoms with Gasteiger partial charge in [-0.25, -0.2) is 0 Å². The molecule has 0 atom stereocenters. The first-order chi connectivity index (χ1) is 15.1. The normalized spacial score (nSPS) is 14.3. The SMILES string of the molecule is Cc1ccc(Nc2nc(N3CCN(c4ccccc4)CC3)nc3c2cnn3C)cc1Cl. The fourth-order valence-corrected chi connectivity index (χ4v) is 4.04. The summed E-state index contributed by atoms with van der Waals surface area (Å²) in [6.45, 7) is 5.55. The van der Waals surface area contributed by atoms with E-state index < -0.39 is 0 Å². The Balaban J connectivity index is 1.43. The molecular weight excluding hydrogens is 410 g/mol.